The van der Waals surface area contributed by atoms with Gasteiger partial charge in [-0.3, -0.25) is 9.32 Å². The van der Waals surface area contributed by atoms with Gasteiger partial charge in [0.15, 0.2) is 0 Å². The smallest absolute Gasteiger partial charge is 0.411 e. The molecule has 31 heavy (non-hydrogen) atoms. The Bertz CT molecular complexity index is 1030. The molecule has 6 heteroatoms. The number of amides is 1. The zero-order valence-electron chi connectivity index (χ0n) is 18.2. The van der Waals surface area contributed by atoms with E-state index in [4.69, 9.17) is 9.05 Å². The number of hydrogen-bond acceptors (Lipinski definition) is 4. The molecule has 0 N–H and O–H groups in total. The van der Waals surface area contributed by atoms with Crippen molar-refractivity contribution in [2.24, 2.45) is 0 Å². The van der Waals surface area contributed by atoms with Gasteiger partial charge in [-0.15, -0.1) is 0 Å². The highest BCUT2D eigenvalue weighted by atomic mass is 31.2. The maximum atomic E-state index is 13.7. The summed E-state index contributed by atoms with van der Waals surface area (Å²) in [5.74, 6) is 0.480. The molecule has 0 bridgehead atoms. The van der Waals surface area contributed by atoms with Crippen LogP contribution < -0.4 is 9.83 Å². The molecule has 0 aliphatic rings. The molecular formula is C25H28NO4P. The van der Waals surface area contributed by atoms with Crippen LogP contribution in [0, 0.1) is 6.92 Å². The van der Waals surface area contributed by atoms with Crippen LogP contribution >= 0.6 is 7.60 Å². The molecule has 0 aliphatic carbocycles. The van der Waals surface area contributed by atoms with Crippen molar-refractivity contribution in [1.29, 1.82) is 0 Å². The molecule has 0 fully saturated rings. The van der Waals surface area contributed by atoms with Gasteiger partial charge in [0.05, 0.1) is 11.9 Å². The molecule has 3 aromatic rings. The van der Waals surface area contributed by atoms with E-state index in [1.54, 1.807) is 53.4 Å². The predicted molar refractivity (Wildman–Crippen MR) is 124 cm³/mol. The molecule has 0 saturated heterocycles. The molecule has 1 atom stereocenters. The van der Waals surface area contributed by atoms with Crippen molar-refractivity contribution in [2.75, 3.05) is 13.1 Å². The van der Waals surface area contributed by atoms with Gasteiger partial charge in [-0.2, -0.15) is 0 Å². The fourth-order valence-electron chi connectivity index (χ4n) is 3.10. The maximum absolute atomic E-state index is 13.7. The van der Waals surface area contributed by atoms with Gasteiger partial charge >= 0.3 is 7.60 Å². The number of aryl methyl sites for hydroxylation is 1. The van der Waals surface area contributed by atoms with E-state index in [1.165, 1.54) is 0 Å². The number of carbonyl (C=O) groups excluding carboxylic acids is 1. The highest BCUT2D eigenvalue weighted by Gasteiger charge is 2.29. The summed E-state index contributed by atoms with van der Waals surface area (Å²) in [5.41, 5.74) is 2.51. The Kier molecular flexibility index (Phi) is 7.67. The molecule has 1 unspecified atom stereocenters. The van der Waals surface area contributed by atoms with E-state index in [0.29, 0.717) is 29.7 Å². The molecule has 0 spiro atoms. The van der Waals surface area contributed by atoms with Crippen molar-refractivity contribution >= 4 is 18.8 Å². The van der Waals surface area contributed by atoms with Gasteiger partial charge in [-0.05, 0) is 62.7 Å². The van der Waals surface area contributed by atoms with Gasteiger partial charge in [0, 0.05) is 18.7 Å². The SMILES string of the molecule is CCN(CC)C(=O)c1ccc(COP(=O)(Oc2ccc(C)cc2)c2ccccc2)cc1. The van der Waals surface area contributed by atoms with Crippen LogP contribution in [0.3, 0.4) is 0 Å². The van der Waals surface area contributed by atoms with E-state index >= 15 is 0 Å². The Labute approximate surface area is 184 Å². The lowest BCUT2D eigenvalue weighted by atomic mass is 10.1. The average molecular weight is 437 g/mol. The maximum Gasteiger partial charge on any atom is 0.411 e. The van der Waals surface area contributed by atoms with Gasteiger partial charge in [-0.25, -0.2) is 4.57 Å². The van der Waals surface area contributed by atoms with E-state index in [1.807, 2.05) is 51.1 Å². The van der Waals surface area contributed by atoms with Crippen molar-refractivity contribution in [1.82, 2.24) is 4.90 Å². The summed E-state index contributed by atoms with van der Waals surface area (Å²) < 4.78 is 25.4. The molecule has 5 nitrogen and oxygen atoms in total. The van der Waals surface area contributed by atoms with Crippen LogP contribution in [0.2, 0.25) is 0 Å². The van der Waals surface area contributed by atoms with Gasteiger partial charge in [0.2, 0.25) is 0 Å². The van der Waals surface area contributed by atoms with Crippen LogP contribution in [0.4, 0.5) is 0 Å². The van der Waals surface area contributed by atoms with Crippen LogP contribution in [0.1, 0.15) is 35.3 Å². The van der Waals surface area contributed by atoms with Crippen LogP contribution in [-0.4, -0.2) is 23.9 Å². The summed E-state index contributed by atoms with van der Waals surface area (Å²) in [6.07, 6.45) is 0. The largest absolute Gasteiger partial charge is 0.421 e. The Hall–Kier alpha value is -2.88. The summed E-state index contributed by atoms with van der Waals surface area (Å²) in [4.78, 5) is 14.2. The molecule has 0 heterocycles. The van der Waals surface area contributed by atoms with Gasteiger partial charge in [0.25, 0.3) is 5.91 Å². The molecule has 0 saturated carbocycles. The zero-order valence-corrected chi connectivity index (χ0v) is 19.0. The van der Waals surface area contributed by atoms with E-state index in [0.717, 1.165) is 11.1 Å². The lowest BCUT2D eigenvalue weighted by Gasteiger charge is -2.20. The number of nitrogens with zero attached hydrogens (tertiary/aromatic N) is 1. The van der Waals surface area contributed by atoms with Crippen LogP contribution in [0.5, 0.6) is 5.75 Å². The van der Waals surface area contributed by atoms with Crippen molar-refractivity contribution in [2.45, 2.75) is 27.4 Å². The monoisotopic (exact) mass is 437 g/mol. The summed E-state index contributed by atoms with van der Waals surface area (Å²) in [7, 11) is -3.61. The van der Waals surface area contributed by atoms with E-state index < -0.39 is 7.60 Å². The summed E-state index contributed by atoms with van der Waals surface area (Å²) in [6.45, 7) is 7.31. The summed E-state index contributed by atoms with van der Waals surface area (Å²) in [5, 5.41) is 0.490. The lowest BCUT2D eigenvalue weighted by molar-refractivity contribution is 0.0773. The number of carbonyl (C=O) groups is 1. The highest BCUT2D eigenvalue weighted by Crippen LogP contribution is 2.48. The van der Waals surface area contributed by atoms with Gasteiger partial charge < -0.3 is 9.42 Å². The summed E-state index contributed by atoms with van der Waals surface area (Å²) in [6, 6.07) is 23.5. The predicted octanol–water partition coefficient (Wildman–Crippen LogP) is 5.59. The van der Waals surface area contributed by atoms with Crippen molar-refractivity contribution in [3.8, 4) is 5.75 Å². The van der Waals surface area contributed by atoms with Crippen molar-refractivity contribution in [3.63, 3.8) is 0 Å². The van der Waals surface area contributed by atoms with E-state index in [-0.39, 0.29) is 12.5 Å². The first kappa shape index (κ1) is 22.8. The van der Waals surface area contributed by atoms with Gasteiger partial charge in [0.1, 0.15) is 5.75 Å². The molecule has 0 aromatic heterocycles. The Morgan fingerprint density at radius 1 is 0.871 bits per heavy atom. The second-order valence-electron chi connectivity index (χ2n) is 7.19. The minimum Gasteiger partial charge on any atom is -0.421 e. The molecule has 0 radical (unpaired) electrons. The third-order valence-electron chi connectivity index (χ3n) is 4.97. The second-order valence-corrected chi connectivity index (χ2v) is 9.14. The topological polar surface area (TPSA) is 55.8 Å². The van der Waals surface area contributed by atoms with Gasteiger partial charge in [-0.1, -0.05) is 48.0 Å². The highest BCUT2D eigenvalue weighted by molar-refractivity contribution is 7.62. The Balaban J connectivity index is 1.77. The third kappa shape index (κ3) is 5.84. The van der Waals surface area contributed by atoms with Crippen molar-refractivity contribution in [3.05, 3.63) is 95.6 Å². The number of benzene rings is 3. The molecule has 3 rings (SSSR count). The first-order valence-corrected chi connectivity index (χ1v) is 11.9. The third-order valence-corrected chi connectivity index (χ3v) is 6.82. The second kappa shape index (κ2) is 10.4. The molecule has 1 amide bonds. The van der Waals surface area contributed by atoms with Crippen LogP contribution in [0.15, 0.2) is 78.9 Å². The van der Waals surface area contributed by atoms with Crippen LogP contribution in [-0.2, 0) is 15.7 Å². The quantitative estimate of drug-likeness (QED) is 0.410. The average Bonchev–Trinajstić information content (AvgIpc) is 2.81. The fourth-order valence-corrected chi connectivity index (χ4v) is 4.66. The zero-order chi connectivity index (χ0) is 22.3. The standard InChI is InChI=1S/C25H28NO4P/c1-4-26(5-2)25(27)22-15-13-21(14-16-22)19-29-31(28,24-9-7-6-8-10-24)30-23-17-11-20(3)12-18-23/h6-18H,4-5,19H2,1-3H3. The Morgan fingerprint density at radius 2 is 1.48 bits per heavy atom. The minimum absolute atomic E-state index is 0.00451. The van der Waals surface area contributed by atoms with E-state index in [2.05, 4.69) is 0 Å². The fraction of sp³-hybridized carbons (Fsp3) is 0.240. The van der Waals surface area contributed by atoms with Crippen molar-refractivity contribution < 1.29 is 18.4 Å². The molecule has 162 valence electrons. The first-order chi connectivity index (χ1) is 14.9. The number of rotatable bonds is 9. The van der Waals surface area contributed by atoms with Crippen LogP contribution in [0.25, 0.3) is 0 Å². The Morgan fingerprint density at radius 3 is 2.06 bits per heavy atom. The van der Waals surface area contributed by atoms with E-state index in [9.17, 15) is 9.36 Å². The lowest BCUT2D eigenvalue weighted by Crippen LogP contribution is -2.30. The molecule has 3 aromatic carbocycles. The molecular weight excluding hydrogens is 409 g/mol. The number of hydrogen-bond donors (Lipinski definition) is 0. The first-order valence-electron chi connectivity index (χ1n) is 10.4. The normalized spacial score (nSPS) is 12.7. The summed E-state index contributed by atoms with van der Waals surface area (Å²) >= 11 is 0. The minimum atomic E-state index is -3.61. The molecule has 0 aliphatic heterocycles.